The van der Waals surface area contributed by atoms with Crippen LogP contribution in [0.1, 0.15) is 39.5 Å². The van der Waals surface area contributed by atoms with Gasteiger partial charge in [-0.2, -0.15) is 0 Å². The van der Waals surface area contributed by atoms with Gasteiger partial charge in [-0.25, -0.2) is 0 Å². The number of allylic oxidation sites excluding steroid dienone is 2. The van der Waals surface area contributed by atoms with Gasteiger partial charge in [0.25, 0.3) is 0 Å². The fraction of sp³-hybridized carbons (Fsp3) is 0.700. The Morgan fingerprint density at radius 1 is 1.17 bits per heavy atom. The van der Waals surface area contributed by atoms with Gasteiger partial charge in [0.1, 0.15) is 0 Å². The van der Waals surface area contributed by atoms with Gasteiger partial charge in [0, 0.05) is 12.5 Å². The molecule has 0 heterocycles. The molecule has 126 valence electrons. The predicted molar refractivity (Wildman–Crippen MR) is 89.8 cm³/mol. The fourth-order valence-electron chi connectivity index (χ4n) is 5.73. The van der Waals surface area contributed by atoms with Crippen LogP contribution in [0, 0.1) is 22.7 Å². The largest absolute Gasteiger partial charge is 0.389 e. The molecule has 4 aliphatic carbocycles. The summed E-state index contributed by atoms with van der Waals surface area (Å²) in [6.07, 6.45) is 11.7. The van der Waals surface area contributed by atoms with Crippen molar-refractivity contribution in [2.75, 3.05) is 7.11 Å². The molecular formula is C20H28O3. The number of fused-ring (bicyclic) bond motifs is 4. The molecule has 23 heavy (non-hydrogen) atoms. The van der Waals surface area contributed by atoms with Crippen LogP contribution in [0.3, 0.4) is 0 Å². The Labute approximate surface area is 138 Å². The van der Waals surface area contributed by atoms with E-state index in [0.717, 1.165) is 25.7 Å². The number of aliphatic hydroxyl groups is 2. The molecule has 0 spiro atoms. The molecule has 0 radical (unpaired) electrons. The second kappa shape index (κ2) is 5.05. The van der Waals surface area contributed by atoms with Crippen molar-refractivity contribution in [2.45, 2.75) is 57.8 Å². The lowest BCUT2D eigenvalue weighted by Crippen LogP contribution is -2.51. The first-order valence-corrected chi connectivity index (χ1v) is 8.91. The third-order valence-electron chi connectivity index (χ3n) is 7.32. The number of rotatable bonds is 1. The van der Waals surface area contributed by atoms with Crippen molar-refractivity contribution in [3.63, 3.8) is 0 Å². The van der Waals surface area contributed by atoms with Gasteiger partial charge in [0.2, 0.25) is 0 Å². The number of hydrogen-bond acceptors (Lipinski definition) is 3. The molecule has 0 amide bonds. The van der Waals surface area contributed by atoms with Crippen molar-refractivity contribution in [3.8, 4) is 0 Å². The van der Waals surface area contributed by atoms with Crippen LogP contribution in [-0.4, -0.2) is 35.6 Å². The Morgan fingerprint density at radius 3 is 2.70 bits per heavy atom. The lowest BCUT2D eigenvalue weighted by Gasteiger charge is -2.56. The highest BCUT2D eigenvalue weighted by molar-refractivity contribution is 5.46. The highest BCUT2D eigenvalue weighted by Gasteiger charge is 2.55. The first-order valence-electron chi connectivity index (χ1n) is 8.91. The van der Waals surface area contributed by atoms with Gasteiger partial charge in [0.15, 0.2) is 0 Å². The fourth-order valence-corrected chi connectivity index (χ4v) is 5.73. The van der Waals surface area contributed by atoms with E-state index in [1.165, 1.54) is 11.1 Å². The van der Waals surface area contributed by atoms with Gasteiger partial charge >= 0.3 is 0 Å². The van der Waals surface area contributed by atoms with E-state index in [1.54, 1.807) is 7.11 Å². The maximum absolute atomic E-state index is 10.5. The molecule has 7 atom stereocenters. The molecule has 4 rings (SSSR count). The lowest BCUT2D eigenvalue weighted by atomic mass is 9.50. The van der Waals surface area contributed by atoms with Crippen molar-refractivity contribution in [1.82, 2.24) is 0 Å². The molecule has 1 saturated carbocycles. The summed E-state index contributed by atoms with van der Waals surface area (Å²) < 4.78 is 5.90. The van der Waals surface area contributed by atoms with Gasteiger partial charge in [0.05, 0.1) is 18.3 Å². The van der Waals surface area contributed by atoms with Crippen LogP contribution >= 0.6 is 0 Å². The first kappa shape index (κ1) is 15.6. The van der Waals surface area contributed by atoms with Crippen molar-refractivity contribution in [3.05, 3.63) is 35.5 Å². The minimum Gasteiger partial charge on any atom is -0.389 e. The normalized spacial score (nSPS) is 51.4. The van der Waals surface area contributed by atoms with Gasteiger partial charge in [-0.3, -0.25) is 0 Å². The topological polar surface area (TPSA) is 49.7 Å². The molecular weight excluding hydrogens is 288 g/mol. The van der Waals surface area contributed by atoms with Crippen LogP contribution in [-0.2, 0) is 4.74 Å². The quantitative estimate of drug-likeness (QED) is 0.731. The van der Waals surface area contributed by atoms with Crippen LogP contribution in [0.15, 0.2) is 35.5 Å². The summed E-state index contributed by atoms with van der Waals surface area (Å²) >= 11 is 0. The maximum Gasteiger partial charge on any atom is 0.0817 e. The van der Waals surface area contributed by atoms with Crippen LogP contribution in [0.25, 0.3) is 0 Å². The minimum absolute atomic E-state index is 0.0965. The lowest BCUT2D eigenvalue weighted by molar-refractivity contribution is -0.0225. The molecule has 0 bridgehead atoms. The van der Waals surface area contributed by atoms with Crippen LogP contribution < -0.4 is 0 Å². The van der Waals surface area contributed by atoms with Crippen molar-refractivity contribution in [1.29, 1.82) is 0 Å². The Balaban J connectivity index is 1.85. The van der Waals surface area contributed by atoms with Gasteiger partial charge in [-0.1, -0.05) is 38.2 Å². The molecule has 2 N–H and O–H groups in total. The molecule has 3 heteroatoms. The standard InChI is InChI=1S/C20H28O3/c1-19-8-6-13(21)10-12(19)11-16(23-3)18-14-4-5-17(22)20(14,2)9-7-15(18)19/h4-6,8,12-13,15-17,21-22H,7,9-11H2,1-3H3/t12?,13?,15-,16?,17?,19+,20+/m1/s1. The molecule has 4 unspecified atom stereocenters. The molecule has 0 aromatic carbocycles. The monoisotopic (exact) mass is 316 g/mol. The SMILES string of the molecule is COC1CC2CC(O)C=C[C@]2(C)[C@@H]2CC[C@@]3(C)C(=C12)C=CC3O. The van der Waals surface area contributed by atoms with E-state index in [-0.39, 0.29) is 29.1 Å². The van der Waals surface area contributed by atoms with Gasteiger partial charge in [-0.05, 0) is 54.1 Å². The number of aliphatic hydroxyl groups excluding tert-OH is 2. The second-order valence-electron chi connectivity index (χ2n) is 8.37. The van der Waals surface area contributed by atoms with E-state index in [0.29, 0.717) is 11.8 Å². The van der Waals surface area contributed by atoms with Crippen LogP contribution in [0.4, 0.5) is 0 Å². The molecule has 0 saturated heterocycles. The Hall–Kier alpha value is -0.900. The van der Waals surface area contributed by atoms with Crippen molar-refractivity contribution < 1.29 is 14.9 Å². The van der Waals surface area contributed by atoms with E-state index in [1.807, 2.05) is 12.2 Å². The number of methoxy groups -OCH3 is 1. The van der Waals surface area contributed by atoms with E-state index in [9.17, 15) is 10.2 Å². The van der Waals surface area contributed by atoms with E-state index < -0.39 is 0 Å². The Bertz CT molecular complexity index is 604. The molecule has 1 fully saturated rings. The summed E-state index contributed by atoms with van der Waals surface area (Å²) in [5, 5.41) is 20.5. The number of ether oxygens (including phenoxy) is 1. The third kappa shape index (κ3) is 2.00. The summed E-state index contributed by atoms with van der Waals surface area (Å²) in [7, 11) is 1.80. The zero-order valence-electron chi connectivity index (χ0n) is 14.3. The van der Waals surface area contributed by atoms with E-state index >= 15 is 0 Å². The van der Waals surface area contributed by atoms with E-state index in [4.69, 9.17) is 4.74 Å². The first-order chi connectivity index (χ1) is 10.9. The van der Waals surface area contributed by atoms with Crippen LogP contribution in [0.2, 0.25) is 0 Å². The molecule has 3 nitrogen and oxygen atoms in total. The Morgan fingerprint density at radius 2 is 1.96 bits per heavy atom. The highest BCUT2D eigenvalue weighted by atomic mass is 16.5. The zero-order chi connectivity index (χ0) is 16.4. The minimum atomic E-state index is -0.377. The van der Waals surface area contributed by atoms with Gasteiger partial charge in [-0.15, -0.1) is 0 Å². The molecule has 0 aromatic rings. The Kier molecular flexibility index (Phi) is 3.43. The third-order valence-corrected chi connectivity index (χ3v) is 7.32. The summed E-state index contributed by atoms with van der Waals surface area (Å²) in [6.45, 7) is 4.55. The van der Waals surface area contributed by atoms with Gasteiger partial charge < -0.3 is 14.9 Å². The molecule has 4 aliphatic rings. The average Bonchev–Trinajstić information content (AvgIpc) is 2.83. The zero-order valence-corrected chi connectivity index (χ0v) is 14.3. The highest BCUT2D eigenvalue weighted by Crippen LogP contribution is 2.61. The van der Waals surface area contributed by atoms with Crippen molar-refractivity contribution in [2.24, 2.45) is 22.7 Å². The molecule has 0 aliphatic heterocycles. The van der Waals surface area contributed by atoms with E-state index in [2.05, 4.69) is 26.0 Å². The number of hydrogen-bond donors (Lipinski definition) is 2. The maximum atomic E-state index is 10.5. The summed E-state index contributed by atoms with van der Waals surface area (Å²) in [5.74, 6) is 0.912. The van der Waals surface area contributed by atoms with Crippen molar-refractivity contribution >= 4 is 0 Å². The van der Waals surface area contributed by atoms with Crippen LogP contribution in [0.5, 0.6) is 0 Å². The molecule has 0 aromatic heterocycles. The average molecular weight is 316 g/mol. The second-order valence-corrected chi connectivity index (χ2v) is 8.37. The predicted octanol–water partition coefficient (Wildman–Crippen LogP) is 2.99. The summed E-state index contributed by atoms with van der Waals surface area (Å²) in [4.78, 5) is 0. The summed E-state index contributed by atoms with van der Waals surface area (Å²) in [5.41, 5.74) is 2.67. The smallest absolute Gasteiger partial charge is 0.0817 e. The summed E-state index contributed by atoms with van der Waals surface area (Å²) in [6, 6.07) is 0.